The molecule has 440 valence electrons. The molecule has 80 heavy (non-hydrogen) atoms. The zero-order valence-corrected chi connectivity index (χ0v) is 48.6. The number of aliphatic hydroxyl groups is 2. The van der Waals surface area contributed by atoms with Gasteiger partial charge in [0.1, 0.15) is 46.8 Å². The molecule has 10 N–H and O–H groups in total. The number of nitrogen functional groups attached to an aromatic ring is 1. The Morgan fingerprint density at radius 2 is 1.55 bits per heavy atom. The number of benzene rings is 2. The van der Waals surface area contributed by atoms with Gasteiger partial charge >= 0.3 is 23.4 Å². The van der Waals surface area contributed by atoms with Gasteiger partial charge in [-0.3, -0.25) is 18.4 Å². The number of amides is 1. The van der Waals surface area contributed by atoms with Crippen LogP contribution in [0.5, 0.6) is 0 Å². The number of rotatable bonds is 27. The van der Waals surface area contributed by atoms with Gasteiger partial charge in [-0.15, -0.1) is 0 Å². The second-order valence-electron chi connectivity index (χ2n) is 20.3. The van der Waals surface area contributed by atoms with Crippen molar-refractivity contribution in [2.24, 2.45) is 0 Å². The van der Waals surface area contributed by atoms with Gasteiger partial charge < -0.3 is 50.1 Å². The summed E-state index contributed by atoms with van der Waals surface area (Å²) in [5, 5.41) is 26.0. The van der Waals surface area contributed by atoms with Crippen LogP contribution in [0.4, 0.5) is 17.2 Å². The van der Waals surface area contributed by atoms with Gasteiger partial charge in [0.2, 0.25) is 11.6 Å². The summed E-state index contributed by atoms with van der Waals surface area (Å²) in [6.07, 6.45) is 6.03. The molecular formula is C47H66N9O19P3S2. The Morgan fingerprint density at radius 3 is 2.24 bits per heavy atom. The molecule has 33 heteroatoms. The Morgan fingerprint density at radius 1 is 0.875 bits per heavy atom. The van der Waals surface area contributed by atoms with E-state index in [2.05, 4.69) is 48.0 Å². The fraction of sp³-hybridized carbons (Fsp3) is 0.511. The number of ether oxygens (including phenoxy) is 1. The molecule has 28 nitrogen and oxygen atoms in total. The summed E-state index contributed by atoms with van der Waals surface area (Å²) < 4.78 is 130. The van der Waals surface area contributed by atoms with E-state index in [1.165, 1.54) is 35.2 Å². The number of hydrogen-bond acceptors (Lipinski definition) is 20. The van der Waals surface area contributed by atoms with Gasteiger partial charge in [0, 0.05) is 60.6 Å². The Balaban J connectivity index is 0.815. The summed E-state index contributed by atoms with van der Waals surface area (Å²) in [4.78, 5) is 56.4. The van der Waals surface area contributed by atoms with Crippen LogP contribution in [-0.4, -0.2) is 138 Å². The number of carbonyl (C=O) groups is 1. The molecule has 0 bridgehead atoms. The van der Waals surface area contributed by atoms with Crippen molar-refractivity contribution in [3.05, 3.63) is 84.1 Å². The largest absolute Gasteiger partial charge is 0.744 e. The highest BCUT2D eigenvalue weighted by Crippen LogP contribution is 2.66. The van der Waals surface area contributed by atoms with Gasteiger partial charge in [-0.1, -0.05) is 39.2 Å². The number of phosphoric ester groups is 1. The van der Waals surface area contributed by atoms with Crippen molar-refractivity contribution >= 4 is 83.6 Å². The van der Waals surface area contributed by atoms with Crippen LogP contribution in [0, 0.1) is 0 Å². The van der Waals surface area contributed by atoms with E-state index in [0.29, 0.717) is 69.3 Å². The lowest BCUT2D eigenvalue weighted by Gasteiger charge is -2.27. The number of anilines is 2. The van der Waals surface area contributed by atoms with E-state index in [1.807, 2.05) is 52.8 Å². The molecule has 0 spiro atoms. The lowest BCUT2D eigenvalue weighted by molar-refractivity contribution is -0.433. The van der Waals surface area contributed by atoms with Gasteiger partial charge in [0.15, 0.2) is 23.4 Å². The molecule has 7 atom stereocenters. The molecular weight excluding hydrogens is 1150 g/mol. The van der Waals surface area contributed by atoms with Crippen molar-refractivity contribution < 1.29 is 91.8 Å². The molecule has 0 radical (unpaired) electrons. The van der Waals surface area contributed by atoms with E-state index < -0.39 is 85.6 Å². The molecule has 3 unspecified atom stereocenters. The average Bonchev–Trinajstić information content (AvgIpc) is 4.24. The second kappa shape index (κ2) is 24.6. The van der Waals surface area contributed by atoms with Gasteiger partial charge in [0.05, 0.1) is 28.1 Å². The lowest BCUT2D eigenvalue weighted by atomic mass is 9.81. The Labute approximate surface area is 462 Å². The maximum absolute atomic E-state index is 12.7. The fourth-order valence-electron chi connectivity index (χ4n) is 9.97. The fourth-order valence-corrected chi connectivity index (χ4v) is 14.7. The van der Waals surface area contributed by atoms with Gasteiger partial charge in [-0.2, -0.15) is 21.6 Å². The molecule has 1 amide bonds. The molecule has 0 saturated carbocycles. The van der Waals surface area contributed by atoms with E-state index in [1.54, 1.807) is 12.1 Å². The number of carbonyl (C=O) groups excluding carboxylic acids is 1. The van der Waals surface area contributed by atoms with Crippen LogP contribution in [0.25, 0.3) is 11.2 Å². The topological polar surface area (TPSA) is 418 Å². The number of fused-ring (bicyclic) bond motifs is 3. The summed E-state index contributed by atoms with van der Waals surface area (Å²) in [5.41, 5.74) is 9.37. The number of imidazole rings is 1. The molecule has 3 aliphatic rings. The first-order valence-electron chi connectivity index (χ1n) is 25.3. The Hall–Kier alpha value is -4.68. The predicted octanol–water partition coefficient (Wildman–Crippen LogP) is 4.69. The number of aliphatic hydroxyl groups excluding tert-OH is 2. The maximum atomic E-state index is 12.7. The van der Waals surface area contributed by atoms with E-state index in [4.69, 9.17) is 10.5 Å². The quantitative estimate of drug-likeness (QED) is 0.0169. The summed E-state index contributed by atoms with van der Waals surface area (Å²) >= 11 is 0. The second-order valence-corrected chi connectivity index (χ2v) is 27.9. The maximum Gasteiger partial charge on any atom is 0.489 e. The highest BCUT2D eigenvalue weighted by Gasteiger charge is 2.48. The number of allylic oxidation sites excluding steroid dienone is 4. The minimum absolute atomic E-state index is 0.0264. The SMILES string of the molecule is CC[N+]1=C(/C=C/C=C2/N(CCCCCC(=O)NCCCCCCNP(=O)(O)OP(=O)(O)OP(=O)(O)OC[C@H]3O[C@@H](n4cnc5c(N)ncnc54)[C@H](O)[C@@H]3O)c3ccc(S(=O)(=O)O)cc3C2(C)C)C(C)(C)c2cc(S(=O)(=O)[O-])ccc21. The van der Waals surface area contributed by atoms with Crippen molar-refractivity contribution in [1.82, 2.24) is 29.9 Å². The predicted molar refractivity (Wildman–Crippen MR) is 288 cm³/mol. The van der Waals surface area contributed by atoms with Crippen LogP contribution in [-0.2, 0) is 67.4 Å². The Kier molecular flexibility index (Phi) is 19.4. The highest BCUT2D eigenvalue weighted by molar-refractivity contribution is 7.86. The standard InChI is InChI=1S/C47H66N9O19P3S2/c1-6-54-34-20-18-30(79(66,67)68)25-32(34)46(2,3)37(54)15-14-16-38-47(4,5)33-26-31(80(69,70)71)19-21-35(33)55(38)24-13-9-10-17-39(57)49-22-11-7-8-12-23-53-76(60,61)74-78(64,65)75-77(62,63)72-27-36-41(58)42(59)45(73-36)56-29-52-40-43(48)50-28-51-44(40)56/h14-16,18-21,25-26,28-29,36,41-42,45,58-59H,6-13,17,22-24,27H2,1-5H3,(H8-,48,49,50,51,53,57,60,61,62,63,64,65,66,67,68,69,70,71)/t36-,41-,42-,45-/m1/s1. The van der Waals surface area contributed by atoms with Crippen LogP contribution in [0.1, 0.15) is 103 Å². The molecule has 1 saturated heterocycles. The number of nitrogens with zero attached hydrogens (tertiary/aromatic N) is 6. The average molecular weight is 1220 g/mol. The molecule has 0 aliphatic carbocycles. The molecule has 2 aromatic heterocycles. The van der Waals surface area contributed by atoms with Gasteiger partial charge in [0.25, 0.3) is 10.1 Å². The van der Waals surface area contributed by atoms with E-state index >= 15 is 0 Å². The first-order chi connectivity index (χ1) is 37.3. The Bertz CT molecular complexity index is 3470. The van der Waals surface area contributed by atoms with E-state index in [9.17, 15) is 69.3 Å². The monoisotopic (exact) mass is 1220 g/mol. The summed E-state index contributed by atoms with van der Waals surface area (Å²) in [6, 6.07) is 8.87. The number of hydrogen-bond donors (Lipinski definition) is 9. The molecule has 5 heterocycles. The van der Waals surface area contributed by atoms with Crippen LogP contribution < -0.4 is 21.0 Å². The summed E-state index contributed by atoms with van der Waals surface area (Å²) in [7, 11) is -25.6. The van der Waals surface area contributed by atoms with Crippen LogP contribution in [0.3, 0.4) is 0 Å². The lowest BCUT2D eigenvalue weighted by Crippen LogP contribution is -2.33. The number of unbranched alkanes of at least 4 members (excludes halogenated alkanes) is 5. The van der Waals surface area contributed by atoms with E-state index in [0.717, 1.165) is 29.1 Å². The minimum atomic E-state index is -5.75. The summed E-state index contributed by atoms with van der Waals surface area (Å²) in [6.45, 7) is 10.1. The van der Waals surface area contributed by atoms with Crippen LogP contribution >= 0.6 is 23.4 Å². The van der Waals surface area contributed by atoms with Gasteiger partial charge in [-0.25, -0.2) is 42.2 Å². The number of nitrogens with one attached hydrogen (secondary N) is 2. The molecule has 1 fully saturated rings. The number of nitrogens with two attached hydrogens (primary N) is 1. The van der Waals surface area contributed by atoms with Crippen molar-refractivity contribution in [2.75, 3.05) is 43.4 Å². The van der Waals surface area contributed by atoms with Crippen molar-refractivity contribution in [3.8, 4) is 0 Å². The molecule has 4 aromatic rings. The summed E-state index contributed by atoms with van der Waals surface area (Å²) in [5.74, 6) is -0.131. The third-order valence-corrected chi connectivity index (χ3v) is 20.1. The molecule has 2 aromatic carbocycles. The number of aromatic nitrogens is 4. The third-order valence-electron chi connectivity index (χ3n) is 14.0. The third kappa shape index (κ3) is 14.6. The highest BCUT2D eigenvalue weighted by atomic mass is 32.2. The molecule has 7 rings (SSSR count). The van der Waals surface area contributed by atoms with Gasteiger partial charge in [-0.05, 0) is 88.4 Å². The van der Waals surface area contributed by atoms with Crippen molar-refractivity contribution in [2.45, 2.75) is 131 Å². The zero-order chi connectivity index (χ0) is 58.8. The first kappa shape index (κ1) is 62.9. The van der Waals surface area contributed by atoms with Crippen LogP contribution in [0.2, 0.25) is 0 Å². The van der Waals surface area contributed by atoms with E-state index in [-0.39, 0.29) is 52.1 Å². The smallest absolute Gasteiger partial charge is 0.489 e. The van der Waals surface area contributed by atoms with Crippen molar-refractivity contribution in [3.63, 3.8) is 0 Å². The molecule has 3 aliphatic heterocycles. The number of phosphoric acid groups is 2. The van der Waals surface area contributed by atoms with Crippen molar-refractivity contribution in [1.29, 1.82) is 0 Å². The van der Waals surface area contributed by atoms with Crippen LogP contribution in [0.15, 0.2) is 82.8 Å². The minimum Gasteiger partial charge on any atom is -0.744 e. The first-order valence-corrected chi connectivity index (χ1v) is 32.8. The zero-order valence-electron chi connectivity index (χ0n) is 44.3. The normalized spacial score (nSPS) is 22.6.